The van der Waals surface area contributed by atoms with Gasteiger partial charge in [0.05, 0.1) is 6.61 Å². The van der Waals surface area contributed by atoms with Crippen LogP contribution in [-0.4, -0.2) is 20.0 Å². The second-order valence-corrected chi connectivity index (χ2v) is 3.50. The first-order valence-electron chi connectivity index (χ1n) is 4.76. The van der Waals surface area contributed by atoms with Crippen molar-refractivity contribution in [1.82, 2.24) is 0 Å². The second-order valence-electron chi connectivity index (χ2n) is 3.50. The van der Waals surface area contributed by atoms with Crippen molar-refractivity contribution < 1.29 is 9.47 Å². The summed E-state index contributed by atoms with van der Waals surface area (Å²) in [4.78, 5) is 0. The fourth-order valence-electron chi connectivity index (χ4n) is 0.922. The molecule has 0 radical (unpaired) electrons. The van der Waals surface area contributed by atoms with Crippen LogP contribution < -0.4 is 0 Å². The Morgan fingerprint density at radius 3 is 2.08 bits per heavy atom. The standard InChI is InChI=1S/C10H22O2/c1-6-8(2)9(3)7-12-10(4)11-5/h8-10H,6-7H2,1-5H3. The molecular weight excluding hydrogens is 152 g/mol. The highest BCUT2D eigenvalue weighted by molar-refractivity contribution is 4.58. The van der Waals surface area contributed by atoms with Gasteiger partial charge in [0.15, 0.2) is 6.29 Å². The highest BCUT2D eigenvalue weighted by atomic mass is 16.7. The van der Waals surface area contributed by atoms with Crippen molar-refractivity contribution in [2.24, 2.45) is 11.8 Å². The highest BCUT2D eigenvalue weighted by Crippen LogP contribution is 2.15. The van der Waals surface area contributed by atoms with Gasteiger partial charge in [-0.3, -0.25) is 0 Å². The number of methoxy groups -OCH3 is 1. The molecule has 0 aromatic rings. The van der Waals surface area contributed by atoms with Crippen LogP contribution in [0.3, 0.4) is 0 Å². The first-order valence-corrected chi connectivity index (χ1v) is 4.76. The van der Waals surface area contributed by atoms with Gasteiger partial charge in [-0.1, -0.05) is 27.2 Å². The van der Waals surface area contributed by atoms with E-state index in [1.807, 2.05) is 6.92 Å². The number of hydrogen-bond acceptors (Lipinski definition) is 2. The van der Waals surface area contributed by atoms with Crippen LogP contribution in [0.4, 0.5) is 0 Å². The smallest absolute Gasteiger partial charge is 0.154 e. The summed E-state index contributed by atoms with van der Waals surface area (Å²) in [5.41, 5.74) is 0. The zero-order chi connectivity index (χ0) is 9.56. The van der Waals surface area contributed by atoms with Gasteiger partial charge in [-0.15, -0.1) is 0 Å². The molecular formula is C10H22O2. The van der Waals surface area contributed by atoms with Crippen LogP contribution in [0, 0.1) is 11.8 Å². The molecule has 2 heteroatoms. The molecule has 0 saturated carbocycles. The van der Waals surface area contributed by atoms with E-state index in [4.69, 9.17) is 9.47 Å². The van der Waals surface area contributed by atoms with Gasteiger partial charge in [0, 0.05) is 7.11 Å². The third-order valence-electron chi connectivity index (χ3n) is 2.54. The lowest BCUT2D eigenvalue weighted by atomic mass is 9.95. The van der Waals surface area contributed by atoms with E-state index in [2.05, 4.69) is 20.8 Å². The summed E-state index contributed by atoms with van der Waals surface area (Å²) in [6, 6.07) is 0. The zero-order valence-corrected chi connectivity index (χ0v) is 8.96. The molecule has 0 aliphatic rings. The van der Waals surface area contributed by atoms with Crippen LogP contribution in [0.15, 0.2) is 0 Å². The SMILES string of the molecule is CCC(C)C(C)COC(C)OC. The predicted molar refractivity (Wildman–Crippen MR) is 51.0 cm³/mol. The molecule has 0 fully saturated rings. The lowest BCUT2D eigenvalue weighted by molar-refractivity contribution is -0.122. The van der Waals surface area contributed by atoms with Crippen molar-refractivity contribution in [2.75, 3.05) is 13.7 Å². The minimum Gasteiger partial charge on any atom is -0.356 e. The lowest BCUT2D eigenvalue weighted by Gasteiger charge is -2.20. The fourth-order valence-corrected chi connectivity index (χ4v) is 0.922. The normalized spacial score (nSPS) is 18.8. The maximum Gasteiger partial charge on any atom is 0.154 e. The monoisotopic (exact) mass is 174 g/mol. The van der Waals surface area contributed by atoms with Gasteiger partial charge in [-0.05, 0) is 18.8 Å². The number of hydrogen-bond donors (Lipinski definition) is 0. The average molecular weight is 174 g/mol. The first-order chi connectivity index (χ1) is 5.61. The molecule has 0 aliphatic heterocycles. The minimum absolute atomic E-state index is 0.0727. The Balaban J connectivity index is 3.49. The van der Waals surface area contributed by atoms with Crippen LogP contribution >= 0.6 is 0 Å². The lowest BCUT2D eigenvalue weighted by Crippen LogP contribution is -2.19. The van der Waals surface area contributed by atoms with Crippen molar-refractivity contribution in [2.45, 2.75) is 40.4 Å². The molecule has 0 aromatic carbocycles. The molecule has 0 amide bonds. The van der Waals surface area contributed by atoms with Gasteiger partial charge in [0.2, 0.25) is 0 Å². The third kappa shape index (κ3) is 4.73. The minimum atomic E-state index is -0.0727. The molecule has 0 N–H and O–H groups in total. The third-order valence-corrected chi connectivity index (χ3v) is 2.54. The predicted octanol–water partition coefficient (Wildman–Crippen LogP) is 2.68. The summed E-state index contributed by atoms with van der Waals surface area (Å²) >= 11 is 0. The summed E-state index contributed by atoms with van der Waals surface area (Å²) in [6.07, 6.45) is 1.14. The fraction of sp³-hybridized carbons (Fsp3) is 1.00. The maximum absolute atomic E-state index is 5.45. The van der Waals surface area contributed by atoms with Gasteiger partial charge in [-0.2, -0.15) is 0 Å². The summed E-state index contributed by atoms with van der Waals surface area (Å²) in [5.74, 6) is 1.35. The van der Waals surface area contributed by atoms with Crippen LogP contribution in [-0.2, 0) is 9.47 Å². The largest absolute Gasteiger partial charge is 0.356 e. The molecule has 0 spiro atoms. The van der Waals surface area contributed by atoms with E-state index in [1.54, 1.807) is 7.11 Å². The summed E-state index contributed by atoms with van der Waals surface area (Å²) in [7, 11) is 1.67. The van der Waals surface area contributed by atoms with Crippen molar-refractivity contribution in [3.05, 3.63) is 0 Å². The molecule has 0 bridgehead atoms. The van der Waals surface area contributed by atoms with E-state index in [0.29, 0.717) is 5.92 Å². The topological polar surface area (TPSA) is 18.5 Å². The molecule has 0 heterocycles. The quantitative estimate of drug-likeness (QED) is 0.576. The second kappa shape index (κ2) is 6.44. The van der Waals surface area contributed by atoms with Crippen LogP contribution in [0.1, 0.15) is 34.1 Å². The van der Waals surface area contributed by atoms with Gasteiger partial charge in [0.25, 0.3) is 0 Å². The van der Waals surface area contributed by atoms with E-state index in [1.165, 1.54) is 6.42 Å². The molecule has 12 heavy (non-hydrogen) atoms. The molecule has 74 valence electrons. The Morgan fingerprint density at radius 2 is 1.67 bits per heavy atom. The zero-order valence-electron chi connectivity index (χ0n) is 8.96. The van der Waals surface area contributed by atoms with Crippen molar-refractivity contribution in [1.29, 1.82) is 0 Å². The Morgan fingerprint density at radius 1 is 1.08 bits per heavy atom. The molecule has 0 saturated heterocycles. The van der Waals surface area contributed by atoms with Crippen LogP contribution in [0.25, 0.3) is 0 Å². The highest BCUT2D eigenvalue weighted by Gasteiger charge is 2.11. The number of rotatable bonds is 6. The van der Waals surface area contributed by atoms with E-state index in [0.717, 1.165) is 12.5 Å². The van der Waals surface area contributed by atoms with Gasteiger partial charge in [-0.25, -0.2) is 0 Å². The van der Waals surface area contributed by atoms with Crippen molar-refractivity contribution in [3.8, 4) is 0 Å². The van der Waals surface area contributed by atoms with Crippen LogP contribution in [0.5, 0.6) is 0 Å². The molecule has 0 aliphatic carbocycles. The van der Waals surface area contributed by atoms with Crippen molar-refractivity contribution >= 4 is 0 Å². The maximum atomic E-state index is 5.45. The average Bonchev–Trinajstić information content (AvgIpc) is 2.11. The van der Waals surface area contributed by atoms with Gasteiger partial charge in [0.1, 0.15) is 0 Å². The molecule has 3 unspecified atom stereocenters. The molecule has 0 rings (SSSR count). The van der Waals surface area contributed by atoms with Gasteiger partial charge >= 0.3 is 0 Å². The Labute approximate surface area is 76.3 Å². The Bertz CT molecular complexity index is 104. The molecule has 3 atom stereocenters. The Kier molecular flexibility index (Phi) is 6.39. The molecule has 0 aromatic heterocycles. The van der Waals surface area contributed by atoms with E-state index in [-0.39, 0.29) is 6.29 Å². The Hall–Kier alpha value is -0.0800. The molecule has 2 nitrogen and oxygen atoms in total. The van der Waals surface area contributed by atoms with Gasteiger partial charge < -0.3 is 9.47 Å². The number of ether oxygens (including phenoxy) is 2. The first kappa shape index (κ1) is 11.9. The summed E-state index contributed by atoms with van der Waals surface area (Å²) < 4.78 is 10.4. The van der Waals surface area contributed by atoms with Crippen molar-refractivity contribution in [3.63, 3.8) is 0 Å². The van der Waals surface area contributed by atoms with E-state index in [9.17, 15) is 0 Å². The summed E-state index contributed by atoms with van der Waals surface area (Å²) in [6.45, 7) is 9.40. The van der Waals surface area contributed by atoms with Crippen LogP contribution in [0.2, 0.25) is 0 Å². The van der Waals surface area contributed by atoms with E-state index >= 15 is 0 Å². The summed E-state index contributed by atoms with van der Waals surface area (Å²) in [5, 5.41) is 0. The van der Waals surface area contributed by atoms with E-state index < -0.39 is 0 Å².